The second-order valence-corrected chi connectivity index (χ2v) is 6.51. The number of nitrogens with zero attached hydrogens (tertiary/aromatic N) is 5. The molecule has 3 heterocycles. The van der Waals surface area contributed by atoms with E-state index in [9.17, 15) is 4.79 Å². The number of ether oxygens (including phenoxy) is 1. The number of nitrogens with one attached hydrogen (secondary N) is 1. The summed E-state index contributed by atoms with van der Waals surface area (Å²) in [4.78, 5) is 16.4. The molecular weight excluding hydrogens is 372 g/mol. The maximum absolute atomic E-state index is 12.1. The van der Waals surface area contributed by atoms with Gasteiger partial charge in [-0.2, -0.15) is 4.98 Å². The molecule has 0 saturated carbocycles. The highest BCUT2D eigenvalue weighted by molar-refractivity contribution is 5.77. The summed E-state index contributed by atoms with van der Waals surface area (Å²) in [5, 5.41) is 15.0. The molecule has 0 unspecified atom stereocenters. The van der Waals surface area contributed by atoms with Gasteiger partial charge in [-0.25, -0.2) is 0 Å². The number of carbonyl (C=O) groups is 1. The maximum atomic E-state index is 12.1. The molecule has 4 rings (SSSR count). The molecule has 148 valence electrons. The van der Waals surface area contributed by atoms with Gasteiger partial charge in [0.2, 0.25) is 0 Å². The highest BCUT2D eigenvalue weighted by Crippen LogP contribution is 2.19. The van der Waals surface area contributed by atoms with Crippen LogP contribution < -0.4 is 10.1 Å². The Bertz CT molecular complexity index is 1150. The Morgan fingerprint density at radius 1 is 1.24 bits per heavy atom. The van der Waals surface area contributed by atoms with Crippen molar-refractivity contribution in [3.8, 4) is 17.2 Å². The number of hydrogen-bond donors (Lipinski definition) is 1. The summed E-state index contributed by atoms with van der Waals surface area (Å²) in [5.41, 5.74) is 2.46. The normalized spacial score (nSPS) is 11.0. The van der Waals surface area contributed by atoms with E-state index in [1.165, 1.54) is 0 Å². The van der Waals surface area contributed by atoms with Crippen LogP contribution >= 0.6 is 0 Å². The van der Waals surface area contributed by atoms with Crippen molar-refractivity contribution in [2.24, 2.45) is 0 Å². The lowest BCUT2D eigenvalue weighted by molar-refractivity contribution is -0.123. The first-order valence-electron chi connectivity index (χ1n) is 9.25. The average Bonchev–Trinajstić information content (AvgIpc) is 3.37. The SMILES string of the molecule is CCc1noc(-c2ccn3c(CNC(=O)COc4cccc(C)c4)nnc3c2)n1. The lowest BCUT2D eigenvalue weighted by Gasteiger charge is -2.07. The Morgan fingerprint density at radius 2 is 2.14 bits per heavy atom. The fraction of sp³-hybridized carbons (Fsp3) is 0.250. The Morgan fingerprint density at radius 3 is 2.93 bits per heavy atom. The highest BCUT2D eigenvalue weighted by Gasteiger charge is 2.12. The van der Waals surface area contributed by atoms with Gasteiger partial charge in [-0.15, -0.1) is 10.2 Å². The molecule has 0 aliphatic heterocycles. The molecule has 1 aromatic carbocycles. The van der Waals surface area contributed by atoms with E-state index >= 15 is 0 Å². The molecule has 1 amide bonds. The van der Waals surface area contributed by atoms with E-state index in [1.807, 2.05) is 56.4 Å². The van der Waals surface area contributed by atoms with Crippen molar-refractivity contribution < 1.29 is 14.1 Å². The zero-order valence-corrected chi connectivity index (χ0v) is 16.1. The van der Waals surface area contributed by atoms with Crippen LogP contribution in [0.5, 0.6) is 5.75 Å². The minimum Gasteiger partial charge on any atom is -0.484 e. The first kappa shape index (κ1) is 18.6. The van der Waals surface area contributed by atoms with Crippen LogP contribution in [0.15, 0.2) is 47.1 Å². The molecular formula is C20H20N6O3. The van der Waals surface area contributed by atoms with Crippen LogP contribution in [0.4, 0.5) is 0 Å². The third-order valence-corrected chi connectivity index (χ3v) is 4.31. The molecule has 0 fully saturated rings. The van der Waals surface area contributed by atoms with E-state index in [0.717, 1.165) is 11.1 Å². The van der Waals surface area contributed by atoms with Gasteiger partial charge in [0.05, 0.1) is 6.54 Å². The fourth-order valence-corrected chi connectivity index (χ4v) is 2.79. The first-order chi connectivity index (χ1) is 14.1. The monoisotopic (exact) mass is 392 g/mol. The van der Waals surface area contributed by atoms with Crippen LogP contribution in [-0.4, -0.2) is 37.3 Å². The number of hydrogen-bond acceptors (Lipinski definition) is 7. The van der Waals surface area contributed by atoms with Gasteiger partial charge < -0.3 is 14.6 Å². The van der Waals surface area contributed by atoms with Crippen LogP contribution in [-0.2, 0) is 17.8 Å². The van der Waals surface area contributed by atoms with Gasteiger partial charge in [-0.1, -0.05) is 24.2 Å². The molecule has 0 radical (unpaired) electrons. The molecule has 9 heteroatoms. The summed E-state index contributed by atoms with van der Waals surface area (Å²) in [6.45, 7) is 4.09. The smallest absolute Gasteiger partial charge is 0.258 e. The van der Waals surface area contributed by atoms with Gasteiger partial charge in [-0.3, -0.25) is 9.20 Å². The quantitative estimate of drug-likeness (QED) is 0.514. The van der Waals surface area contributed by atoms with Crippen molar-refractivity contribution in [1.29, 1.82) is 0 Å². The molecule has 0 aliphatic rings. The third kappa shape index (κ3) is 4.23. The number of benzene rings is 1. The molecule has 0 saturated heterocycles. The number of rotatable bonds is 7. The van der Waals surface area contributed by atoms with Crippen molar-refractivity contribution in [3.63, 3.8) is 0 Å². The third-order valence-electron chi connectivity index (χ3n) is 4.31. The largest absolute Gasteiger partial charge is 0.484 e. The van der Waals surface area contributed by atoms with Crippen LogP contribution in [0.2, 0.25) is 0 Å². The Kier molecular flexibility index (Phi) is 5.19. The fourth-order valence-electron chi connectivity index (χ4n) is 2.79. The van der Waals surface area contributed by atoms with Crippen molar-refractivity contribution in [2.75, 3.05) is 6.61 Å². The number of fused-ring (bicyclic) bond motifs is 1. The van der Waals surface area contributed by atoms with E-state index in [4.69, 9.17) is 9.26 Å². The predicted molar refractivity (Wildman–Crippen MR) is 104 cm³/mol. The Balaban J connectivity index is 1.38. The zero-order valence-electron chi connectivity index (χ0n) is 16.1. The summed E-state index contributed by atoms with van der Waals surface area (Å²) < 4.78 is 12.6. The second kappa shape index (κ2) is 8.09. The lowest BCUT2D eigenvalue weighted by Crippen LogP contribution is -2.29. The molecule has 9 nitrogen and oxygen atoms in total. The molecule has 29 heavy (non-hydrogen) atoms. The van der Waals surface area contributed by atoms with Gasteiger partial charge in [0.15, 0.2) is 23.9 Å². The van der Waals surface area contributed by atoms with E-state index in [1.54, 1.807) is 4.40 Å². The second-order valence-electron chi connectivity index (χ2n) is 6.51. The van der Waals surface area contributed by atoms with Crippen LogP contribution in [0.25, 0.3) is 17.1 Å². The van der Waals surface area contributed by atoms with Crippen molar-refractivity contribution in [2.45, 2.75) is 26.8 Å². The number of aryl methyl sites for hydroxylation is 2. The van der Waals surface area contributed by atoms with E-state index in [0.29, 0.717) is 35.4 Å². The summed E-state index contributed by atoms with van der Waals surface area (Å²) in [5.74, 6) is 2.12. The van der Waals surface area contributed by atoms with Gasteiger partial charge in [0, 0.05) is 18.2 Å². The zero-order chi connectivity index (χ0) is 20.2. The van der Waals surface area contributed by atoms with E-state index in [2.05, 4.69) is 25.7 Å². The molecule has 0 aliphatic carbocycles. The lowest BCUT2D eigenvalue weighted by atomic mass is 10.2. The van der Waals surface area contributed by atoms with E-state index < -0.39 is 0 Å². The summed E-state index contributed by atoms with van der Waals surface area (Å²) in [7, 11) is 0. The maximum Gasteiger partial charge on any atom is 0.258 e. The summed E-state index contributed by atoms with van der Waals surface area (Å²) >= 11 is 0. The number of carbonyl (C=O) groups excluding carboxylic acids is 1. The van der Waals surface area contributed by atoms with Crippen LogP contribution in [0.3, 0.4) is 0 Å². The number of pyridine rings is 1. The molecule has 0 bridgehead atoms. The topological polar surface area (TPSA) is 107 Å². The standard InChI is InChI=1S/C20H20N6O3/c1-3-16-22-20(29-25-16)14-7-8-26-17(10-14)23-24-18(26)11-21-19(27)12-28-15-6-4-5-13(2)9-15/h4-10H,3,11-12H2,1-2H3,(H,21,27). The first-order valence-corrected chi connectivity index (χ1v) is 9.25. The molecule has 0 spiro atoms. The molecule has 3 aromatic heterocycles. The van der Waals surface area contributed by atoms with Crippen LogP contribution in [0, 0.1) is 6.92 Å². The van der Waals surface area contributed by atoms with Gasteiger partial charge in [0.1, 0.15) is 5.75 Å². The molecule has 0 atom stereocenters. The number of aromatic nitrogens is 5. The minimum atomic E-state index is -0.238. The molecule has 4 aromatic rings. The average molecular weight is 392 g/mol. The van der Waals surface area contributed by atoms with Crippen LogP contribution in [0.1, 0.15) is 24.1 Å². The van der Waals surface area contributed by atoms with Gasteiger partial charge >= 0.3 is 0 Å². The highest BCUT2D eigenvalue weighted by atomic mass is 16.5. The Hall–Kier alpha value is -3.75. The number of amides is 1. The van der Waals surface area contributed by atoms with Crippen molar-refractivity contribution >= 4 is 11.6 Å². The predicted octanol–water partition coefficient (Wildman–Crippen LogP) is 2.35. The Labute approximate surface area is 166 Å². The minimum absolute atomic E-state index is 0.0682. The van der Waals surface area contributed by atoms with Crippen molar-refractivity contribution in [3.05, 3.63) is 59.8 Å². The van der Waals surface area contributed by atoms with Gasteiger partial charge in [0.25, 0.3) is 11.8 Å². The van der Waals surface area contributed by atoms with Gasteiger partial charge in [-0.05, 0) is 36.8 Å². The summed E-state index contributed by atoms with van der Waals surface area (Å²) in [6, 6.07) is 11.2. The van der Waals surface area contributed by atoms with Crippen molar-refractivity contribution in [1.82, 2.24) is 30.1 Å². The molecule has 1 N–H and O–H groups in total. The van der Waals surface area contributed by atoms with E-state index in [-0.39, 0.29) is 19.1 Å². The summed E-state index contributed by atoms with van der Waals surface area (Å²) in [6.07, 6.45) is 2.51.